The van der Waals surface area contributed by atoms with Crippen molar-refractivity contribution < 1.29 is 14.6 Å². The number of nitrogens with zero attached hydrogens (tertiary/aromatic N) is 2. The molecule has 0 saturated carbocycles. The van der Waals surface area contributed by atoms with Crippen LogP contribution < -0.4 is 4.74 Å². The minimum absolute atomic E-state index is 0.429. The van der Waals surface area contributed by atoms with Gasteiger partial charge in [0.05, 0.1) is 25.8 Å². The predicted octanol–water partition coefficient (Wildman–Crippen LogP) is 6.90. The van der Waals surface area contributed by atoms with Crippen molar-refractivity contribution in [1.82, 2.24) is 9.88 Å². The molecule has 1 N–H and O–H groups in total. The van der Waals surface area contributed by atoms with E-state index in [1.807, 2.05) is 42.5 Å². The Kier molecular flexibility index (Phi) is 7.85. The fraction of sp³-hybridized carbons (Fsp3) is 0.265. The van der Waals surface area contributed by atoms with Crippen molar-refractivity contribution in [2.45, 2.75) is 17.9 Å². The molecule has 2 heterocycles. The van der Waals surface area contributed by atoms with Gasteiger partial charge in [0.2, 0.25) is 5.88 Å². The summed E-state index contributed by atoms with van der Waals surface area (Å²) in [6, 6.07) is 33.0. The van der Waals surface area contributed by atoms with Gasteiger partial charge in [-0.05, 0) is 58.7 Å². The molecule has 0 amide bonds. The zero-order chi connectivity index (χ0) is 27.5. The van der Waals surface area contributed by atoms with Crippen LogP contribution in [0.4, 0.5) is 0 Å². The summed E-state index contributed by atoms with van der Waals surface area (Å²) in [5.74, 6) is 0.0935. The molecule has 4 aromatic carbocycles. The van der Waals surface area contributed by atoms with Crippen LogP contribution in [0, 0.1) is 0 Å². The van der Waals surface area contributed by atoms with Crippen molar-refractivity contribution in [3.63, 3.8) is 0 Å². The molecule has 1 aliphatic heterocycles. The lowest BCUT2D eigenvalue weighted by Gasteiger charge is -2.40. The Morgan fingerprint density at radius 2 is 1.65 bits per heavy atom. The van der Waals surface area contributed by atoms with Gasteiger partial charge in [-0.25, -0.2) is 4.98 Å². The van der Waals surface area contributed by atoms with Gasteiger partial charge in [-0.2, -0.15) is 0 Å². The Morgan fingerprint density at radius 1 is 0.900 bits per heavy atom. The molecular formula is C34H33BrN2O3. The van der Waals surface area contributed by atoms with Crippen molar-refractivity contribution in [3.8, 4) is 5.88 Å². The third kappa shape index (κ3) is 5.37. The van der Waals surface area contributed by atoms with Crippen LogP contribution in [-0.4, -0.2) is 54.9 Å². The van der Waals surface area contributed by atoms with Gasteiger partial charge in [-0.15, -0.1) is 0 Å². The molecule has 0 spiro atoms. The largest absolute Gasteiger partial charge is 0.481 e. The van der Waals surface area contributed by atoms with E-state index in [1.54, 1.807) is 7.11 Å². The van der Waals surface area contributed by atoms with Gasteiger partial charge in [0.25, 0.3) is 0 Å². The van der Waals surface area contributed by atoms with Gasteiger partial charge in [0.1, 0.15) is 5.60 Å². The maximum absolute atomic E-state index is 13.1. The van der Waals surface area contributed by atoms with Gasteiger partial charge in [-0.1, -0.05) is 82.7 Å². The van der Waals surface area contributed by atoms with E-state index in [-0.39, 0.29) is 0 Å². The van der Waals surface area contributed by atoms with Crippen LogP contribution in [-0.2, 0) is 10.3 Å². The molecule has 2 unspecified atom stereocenters. The number of aliphatic hydroxyl groups is 1. The lowest BCUT2D eigenvalue weighted by molar-refractivity contribution is -0.0154. The van der Waals surface area contributed by atoms with Crippen LogP contribution >= 0.6 is 15.9 Å². The molecule has 0 bridgehead atoms. The van der Waals surface area contributed by atoms with Crippen molar-refractivity contribution in [1.29, 1.82) is 0 Å². The number of pyridine rings is 1. The first kappa shape index (κ1) is 26.9. The van der Waals surface area contributed by atoms with Crippen molar-refractivity contribution in [3.05, 3.63) is 118 Å². The number of morpholine rings is 1. The second-order valence-corrected chi connectivity index (χ2v) is 11.4. The van der Waals surface area contributed by atoms with E-state index in [0.717, 1.165) is 62.5 Å². The average molecular weight is 598 g/mol. The molecule has 5 aromatic rings. The second kappa shape index (κ2) is 11.7. The third-order valence-electron chi connectivity index (χ3n) is 8.05. The van der Waals surface area contributed by atoms with Crippen LogP contribution in [0.2, 0.25) is 0 Å². The Labute approximate surface area is 243 Å². The minimum atomic E-state index is -1.25. The third-order valence-corrected chi connectivity index (χ3v) is 8.54. The standard InChI is InChI=1S/C34H33BrN2O3/c1-39-33-30(23-27-22-29(35)13-14-31(27)36-33)32(25-8-3-2-4-9-25)34(38,15-16-37-17-19-40-20-18-37)28-12-11-24-7-5-6-10-26(24)21-28/h2-14,21-23,32,38H,15-20H2,1H3. The molecule has 1 aliphatic rings. The first-order valence-corrected chi connectivity index (χ1v) is 14.6. The molecule has 0 radical (unpaired) electrons. The SMILES string of the molecule is COc1nc2ccc(Br)cc2cc1C(c1ccccc1)C(O)(CCN1CCOCC1)c1ccc2ccccc2c1. The number of halogens is 1. The molecule has 1 aromatic heterocycles. The topological polar surface area (TPSA) is 54.8 Å². The smallest absolute Gasteiger partial charge is 0.217 e. The highest BCUT2D eigenvalue weighted by molar-refractivity contribution is 9.10. The lowest BCUT2D eigenvalue weighted by atomic mass is 9.71. The van der Waals surface area contributed by atoms with E-state index in [9.17, 15) is 5.11 Å². The Balaban J connectivity index is 1.57. The number of methoxy groups -OCH3 is 1. The van der Waals surface area contributed by atoms with Gasteiger partial charge >= 0.3 is 0 Å². The highest BCUT2D eigenvalue weighted by Gasteiger charge is 2.42. The quantitative estimate of drug-likeness (QED) is 0.211. The van der Waals surface area contributed by atoms with E-state index in [1.165, 1.54) is 0 Å². The number of hydrogen-bond donors (Lipinski definition) is 1. The molecule has 204 valence electrons. The highest BCUT2D eigenvalue weighted by atomic mass is 79.9. The fourth-order valence-electron chi connectivity index (χ4n) is 5.94. The molecule has 1 saturated heterocycles. The van der Waals surface area contributed by atoms with Gasteiger partial charge in [0, 0.05) is 41.0 Å². The first-order valence-electron chi connectivity index (χ1n) is 13.8. The van der Waals surface area contributed by atoms with Crippen molar-refractivity contribution in [2.24, 2.45) is 0 Å². The van der Waals surface area contributed by atoms with Gasteiger partial charge < -0.3 is 14.6 Å². The normalized spacial score (nSPS) is 16.6. The second-order valence-electron chi connectivity index (χ2n) is 10.5. The molecule has 5 nitrogen and oxygen atoms in total. The molecule has 0 aliphatic carbocycles. The number of fused-ring (bicyclic) bond motifs is 2. The van der Waals surface area contributed by atoms with Crippen LogP contribution in [0.15, 0.2) is 102 Å². The maximum atomic E-state index is 13.1. The van der Waals surface area contributed by atoms with Crippen LogP contribution in [0.5, 0.6) is 5.88 Å². The van der Waals surface area contributed by atoms with Gasteiger partial charge in [0.15, 0.2) is 0 Å². The molecular weight excluding hydrogens is 564 g/mol. The molecule has 6 rings (SSSR count). The summed E-state index contributed by atoms with van der Waals surface area (Å²) in [7, 11) is 1.65. The number of ether oxygens (including phenoxy) is 2. The van der Waals surface area contributed by atoms with E-state index in [0.29, 0.717) is 25.5 Å². The summed E-state index contributed by atoms with van der Waals surface area (Å²) in [5, 5.41) is 16.4. The van der Waals surface area contributed by atoms with E-state index in [2.05, 4.69) is 75.4 Å². The monoisotopic (exact) mass is 596 g/mol. The number of aromatic nitrogens is 1. The predicted molar refractivity (Wildman–Crippen MR) is 164 cm³/mol. The van der Waals surface area contributed by atoms with E-state index < -0.39 is 11.5 Å². The van der Waals surface area contributed by atoms with Crippen LogP contribution in [0.3, 0.4) is 0 Å². The zero-order valence-corrected chi connectivity index (χ0v) is 24.2. The Bertz CT molecular complexity index is 1620. The highest BCUT2D eigenvalue weighted by Crippen LogP contribution is 2.48. The van der Waals surface area contributed by atoms with Crippen LogP contribution in [0.25, 0.3) is 21.7 Å². The molecule has 6 heteroatoms. The zero-order valence-electron chi connectivity index (χ0n) is 22.6. The van der Waals surface area contributed by atoms with Crippen LogP contribution in [0.1, 0.15) is 29.0 Å². The van der Waals surface area contributed by atoms with Gasteiger partial charge in [-0.3, -0.25) is 4.90 Å². The Morgan fingerprint density at radius 3 is 2.42 bits per heavy atom. The lowest BCUT2D eigenvalue weighted by Crippen LogP contribution is -2.42. The first-order chi connectivity index (χ1) is 19.5. The Hall–Kier alpha value is -3.29. The number of rotatable bonds is 8. The number of benzene rings is 4. The summed E-state index contributed by atoms with van der Waals surface area (Å²) in [6.07, 6.45) is 0.532. The van der Waals surface area contributed by atoms with Crippen molar-refractivity contribution in [2.75, 3.05) is 40.0 Å². The summed E-state index contributed by atoms with van der Waals surface area (Å²) < 4.78 is 12.5. The molecule has 1 fully saturated rings. The summed E-state index contributed by atoms with van der Waals surface area (Å²) in [6.45, 7) is 3.89. The van der Waals surface area contributed by atoms with Crippen molar-refractivity contribution >= 4 is 37.6 Å². The fourth-order valence-corrected chi connectivity index (χ4v) is 6.32. The maximum Gasteiger partial charge on any atom is 0.217 e. The van der Waals surface area contributed by atoms with E-state index in [4.69, 9.17) is 14.5 Å². The average Bonchev–Trinajstić information content (AvgIpc) is 3.00. The minimum Gasteiger partial charge on any atom is -0.481 e. The molecule has 40 heavy (non-hydrogen) atoms. The summed E-state index contributed by atoms with van der Waals surface area (Å²) in [4.78, 5) is 7.29. The van der Waals surface area contributed by atoms with E-state index >= 15 is 0 Å². The summed E-state index contributed by atoms with van der Waals surface area (Å²) >= 11 is 3.62. The number of hydrogen-bond acceptors (Lipinski definition) is 5. The molecule has 2 atom stereocenters. The summed E-state index contributed by atoms with van der Waals surface area (Å²) in [5.41, 5.74) is 2.34.